The number of rotatable bonds is 6. The van der Waals surface area contributed by atoms with E-state index < -0.39 is 12.1 Å². The first-order chi connectivity index (χ1) is 21.0. The van der Waals surface area contributed by atoms with Crippen molar-refractivity contribution in [2.24, 2.45) is 11.8 Å². The molecule has 0 atom stereocenters. The van der Waals surface area contributed by atoms with Gasteiger partial charge in [0, 0.05) is 29.0 Å². The van der Waals surface area contributed by atoms with Crippen molar-refractivity contribution in [3.63, 3.8) is 0 Å². The van der Waals surface area contributed by atoms with Crippen molar-refractivity contribution in [2.45, 2.75) is 39.4 Å². The van der Waals surface area contributed by atoms with Crippen LogP contribution in [0.3, 0.4) is 0 Å². The molecular formula is C32H33F3N6O3. The molecule has 44 heavy (non-hydrogen) atoms. The molecule has 1 aliphatic heterocycles. The Labute approximate surface area is 251 Å². The number of hydrogen-bond acceptors (Lipinski definition) is 5. The number of aliphatic carboxylic acids is 1. The Kier molecular flexibility index (Phi) is 9.00. The first kappa shape index (κ1) is 30.7. The van der Waals surface area contributed by atoms with Crippen molar-refractivity contribution in [1.29, 1.82) is 0 Å². The van der Waals surface area contributed by atoms with E-state index in [2.05, 4.69) is 63.5 Å². The fourth-order valence-corrected chi connectivity index (χ4v) is 5.53. The van der Waals surface area contributed by atoms with Crippen LogP contribution < -0.4 is 5.32 Å². The van der Waals surface area contributed by atoms with Crippen LogP contribution in [-0.4, -0.2) is 61.3 Å². The number of H-pyrrole nitrogens is 2. The standard InChI is InChI=1S/C30H32N6O.C2HF3O2/c1-19(2)20-10-13-36(14-11-20)18-22-5-3-8-27(33-22)30(37)34-28-15-21(16-29-25(28)17-32-35-29)23-6-4-7-26-24(23)9-12-31-26;3-2(4,5)1(6)7/h3-9,12,15-17,19-20,31H,10-11,13-14,18H2,1-2H3,(H,32,35)(H,34,37);(H,6,7). The minimum Gasteiger partial charge on any atom is -0.475 e. The van der Waals surface area contributed by atoms with E-state index in [4.69, 9.17) is 14.9 Å². The molecule has 0 unspecified atom stereocenters. The Bertz CT molecular complexity index is 1770. The number of carbonyl (C=O) groups is 2. The molecule has 3 aromatic heterocycles. The van der Waals surface area contributed by atoms with E-state index in [9.17, 15) is 18.0 Å². The van der Waals surface area contributed by atoms with E-state index in [-0.39, 0.29) is 5.91 Å². The molecule has 4 N–H and O–H groups in total. The lowest BCUT2D eigenvalue weighted by Gasteiger charge is -2.33. The molecule has 0 aliphatic carbocycles. The van der Waals surface area contributed by atoms with Crippen LogP contribution in [0.4, 0.5) is 18.9 Å². The number of benzene rings is 2. The largest absolute Gasteiger partial charge is 0.490 e. The number of carbonyl (C=O) groups excluding carboxylic acids is 1. The quantitative estimate of drug-likeness (QED) is 0.167. The van der Waals surface area contributed by atoms with E-state index in [0.717, 1.165) is 70.1 Å². The van der Waals surface area contributed by atoms with E-state index in [1.54, 1.807) is 12.3 Å². The van der Waals surface area contributed by atoms with Gasteiger partial charge in [-0.2, -0.15) is 18.3 Å². The van der Waals surface area contributed by atoms with E-state index in [1.807, 2.05) is 30.5 Å². The first-order valence-electron chi connectivity index (χ1n) is 14.3. The fourth-order valence-electron chi connectivity index (χ4n) is 5.53. The van der Waals surface area contributed by atoms with Gasteiger partial charge in [0.05, 0.1) is 23.1 Å². The van der Waals surface area contributed by atoms with Crippen LogP contribution in [0.5, 0.6) is 0 Å². The maximum atomic E-state index is 13.3. The summed E-state index contributed by atoms with van der Waals surface area (Å²) >= 11 is 0. The molecule has 6 rings (SSSR count). The second-order valence-corrected chi connectivity index (χ2v) is 11.2. The summed E-state index contributed by atoms with van der Waals surface area (Å²) in [5, 5.41) is 19.5. The number of nitrogens with zero attached hydrogens (tertiary/aromatic N) is 3. The highest BCUT2D eigenvalue weighted by Gasteiger charge is 2.38. The fraction of sp³-hybridized carbons (Fsp3) is 0.312. The molecule has 0 spiro atoms. The Morgan fingerprint density at radius 3 is 2.48 bits per heavy atom. The third-order valence-electron chi connectivity index (χ3n) is 7.96. The highest BCUT2D eigenvalue weighted by Crippen LogP contribution is 2.34. The molecular weight excluding hydrogens is 573 g/mol. The maximum absolute atomic E-state index is 13.3. The van der Waals surface area contributed by atoms with Gasteiger partial charge in [-0.05, 0) is 85.3 Å². The highest BCUT2D eigenvalue weighted by molar-refractivity contribution is 6.09. The lowest BCUT2D eigenvalue weighted by molar-refractivity contribution is -0.192. The number of nitrogens with one attached hydrogen (secondary N) is 3. The van der Waals surface area contributed by atoms with Crippen LogP contribution in [0.1, 0.15) is 42.9 Å². The summed E-state index contributed by atoms with van der Waals surface area (Å²) in [6.07, 6.45) is 1.06. The normalized spacial score (nSPS) is 14.5. The predicted molar refractivity (Wildman–Crippen MR) is 162 cm³/mol. The minimum atomic E-state index is -5.08. The highest BCUT2D eigenvalue weighted by atomic mass is 19.4. The van der Waals surface area contributed by atoms with Crippen molar-refractivity contribution >= 4 is 39.4 Å². The summed E-state index contributed by atoms with van der Waals surface area (Å²) in [7, 11) is 0. The van der Waals surface area contributed by atoms with Crippen molar-refractivity contribution < 1.29 is 27.9 Å². The Hall–Kier alpha value is -4.71. The van der Waals surface area contributed by atoms with Gasteiger partial charge in [0.2, 0.25) is 0 Å². The number of anilines is 1. The summed E-state index contributed by atoms with van der Waals surface area (Å²) in [5.41, 5.74) is 6.09. The third kappa shape index (κ3) is 7.08. The Balaban J connectivity index is 0.000000493. The van der Waals surface area contributed by atoms with Gasteiger partial charge in [0.25, 0.3) is 5.91 Å². The van der Waals surface area contributed by atoms with Crippen LogP contribution in [0, 0.1) is 11.8 Å². The van der Waals surface area contributed by atoms with Gasteiger partial charge < -0.3 is 15.4 Å². The lowest BCUT2D eigenvalue weighted by atomic mass is 9.87. The Morgan fingerprint density at radius 2 is 1.77 bits per heavy atom. The number of carboxylic acid groups (broad SMARTS) is 1. The molecule has 2 aromatic carbocycles. The molecule has 1 fully saturated rings. The van der Waals surface area contributed by atoms with Crippen LogP contribution in [0.2, 0.25) is 0 Å². The zero-order valence-electron chi connectivity index (χ0n) is 24.3. The number of carboxylic acids is 1. The monoisotopic (exact) mass is 606 g/mol. The lowest BCUT2D eigenvalue weighted by Crippen LogP contribution is -2.35. The summed E-state index contributed by atoms with van der Waals surface area (Å²) in [6.45, 7) is 7.57. The number of alkyl halides is 3. The minimum absolute atomic E-state index is 0.222. The number of likely N-dealkylation sites (tertiary alicyclic amines) is 1. The van der Waals surface area contributed by atoms with E-state index in [1.165, 1.54) is 12.8 Å². The van der Waals surface area contributed by atoms with Crippen molar-refractivity contribution in [3.05, 3.63) is 78.4 Å². The Morgan fingerprint density at radius 1 is 1.05 bits per heavy atom. The molecule has 4 heterocycles. The average Bonchev–Trinajstić information content (AvgIpc) is 3.67. The summed E-state index contributed by atoms with van der Waals surface area (Å²) in [6, 6.07) is 18.1. The van der Waals surface area contributed by atoms with Gasteiger partial charge in [0.15, 0.2) is 0 Å². The van der Waals surface area contributed by atoms with Crippen LogP contribution in [0.25, 0.3) is 32.9 Å². The van der Waals surface area contributed by atoms with Crippen LogP contribution in [-0.2, 0) is 11.3 Å². The molecule has 230 valence electrons. The van der Waals surface area contributed by atoms with Crippen molar-refractivity contribution in [3.8, 4) is 11.1 Å². The predicted octanol–water partition coefficient (Wildman–Crippen LogP) is 6.86. The van der Waals surface area contributed by atoms with Gasteiger partial charge in [-0.3, -0.25) is 14.8 Å². The van der Waals surface area contributed by atoms with E-state index in [0.29, 0.717) is 11.4 Å². The molecule has 1 amide bonds. The summed E-state index contributed by atoms with van der Waals surface area (Å²) in [4.78, 5) is 32.7. The molecule has 0 saturated carbocycles. The van der Waals surface area contributed by atoms with Crippen LogP contribution in [0.15, 0.2) is 67.0 Å². The van der Waals surface area contributed by atoms with Gasteiger partial charge in [-0.1, -0.05) is 32.0 Å². The molecule has 1 saturated heterocycles. The SMILES string of the molecule is CC(C)C1CCN(Cc2cccc(C(=O)Nc3cc(-c4cccc5[nH]ccc45)cc4[nH]ncc34)n2)CC1.O=C(O)C(F)(F)F. The number of piperidine rings is 1. The second-order valence-electron chi connectivity index (χ2n) is 11.2. The number of hydrogen-bond donors (Lipinski definition) is 4. The van der Waals surface area contributed by atoms with Crippen molar-refractivity contribution in [1.82, 2.24) is 25.1 Å². The average molecular weight is 607 g/mol. The number of pyridine rings is 1. The molecule has 9 nitrogen and oxygen atoms in total. The molecule has 12 heteroatoms. The molecule has 0 radical (unpaired) electrons. The number of halogens is 3. The van der Waals surface area contributed by atoms with Crippen molar-refractivity contribution in [2.75, 3.05) is 18.4 Å². The van der Waals surface area contributed by atoms with E-state index >= 15 is 0 Å². The first-order valence-corrected chi connectivity index (χ1v) is 14.3. The second kappa shape index (κ2) is 12.9. The molecule has 0 bridgehead atoms. The zero-order valence-corrected chi connectivity index (χ0v) is 24.3. The van der Waals surface area contributed by atoms with Gasteiger partial charge in [-0.15, -0.1) is 0 Å². The third-order valence-corrected chi connectivity index (χ3v) is 7.96. The molecule has 5 aromatic rings. The zero-order chi connectivity index (χ0) is 31.4. The van der Waals surface area contributed by atoms with Crippen LogP contribution >= 0.6 is 0 Å². The van der Waals surface area contributed by atoms with Gasteiger partial charge in [-0.25, -0.2) is 9.78 Å². The number of fused-ring (bicyclic) bond motifs is 2. The maximum Gasteiger partial charge on any atom is 0.490 e. The topological polar surface area (TPSA) is 127 Å². The molecule has 1 aliphatic rings. The number of amides is 1. The number of aromatic nitrogens is 4. The van der Waals surface area contributed by atoms with Gasteiger partial charge >= 0.3 is 12.1 Å². The van der Waals surface area contributed by atoms with Gasteiger partial charge in [0.1, 0.15) is 5.69 Å². The summed E-state index contributed by atoms with van der Waals surface area (Å²) in [5.74, 6) is -1.43. The summed E-state index contributed by atoms with van der Waals surface area (Å²) < 4.78 is 31.7. The smallest absolute Gasteiger partial charge is 0.475 e. The number of aromatic amines is 2.